The number of nitrogens with zero attached hydrogens (tertiary/aromatic N) is 3. The minimum atomic E-state index is -1.47. The van der Waals surface area contributed by atoms with Crippen LogP contribution < -0.4 is 4.74 Å². The van der Waals surface area contributed by atoms with Crippen LogP contribution in [0.25, 0.3) is 0 Å². The molecule has 2 aromatic rings. The second-order valence-corrected chi connectivity index (χ2v) is 7.49. The lowest BCUT2D eigenvalue weighted by atomic mass is 9.97. The number of rotatable bonds is 7. The highest BCUT2D eigenvalue weighted by Crippen LogP contribution is 2.32. The molecule has 0 saturated carbocycles. The van der Waals surface area contributed by atoms with Crippen molar-refractivity contribution in [2.75, 3.05) is 13.2 Å². The van der Waals surface area contributed by atoms with Crippen molar-refractivity contribution in [3.63, 3.8) is 0 Å². The Balaban J connectivity index is 1.88. The molecule has 5 atom stereocenters. The van der Waals surface area contributed by atoms with Crippen LogP contribution in [0.4, 0.5) is 0 Å². The van der Waals surface area contributed by atoms with Gasteiger partial charge in [-0.25, -0.2) is 4.68 Å². The molecule has 1 fully saturated rings. The third-order valence-corrected chi connectivity index (χ3v) is 5.07. The van der Waals surface area contributed by atoms with Crippen LogP contribution in [0.3, 0.4) is 0 Å². The summed E-state index contributed by atoms with van der Waals surface area (Å²) >= 11 is 0. The van der Waals surface area contributed by atoms with Crippen LogP contribution in [0.5, 0.6) is 5.75 Å². The lowest BCUT2D eigenvalue weighted by molar-refractivity contribution is -0.254. The fraction of sp³-hybridized carbons (Fsp3) is 0.600. The van der Waals surface area contributed by atoms with Crippen LogP contribution in [-0.4, -0.2) is 73.0 Å². The molecule has 3 rings (SSSR count). The number of aromatic nitrogens is 3. The van der Waals surface area contributed by atoms with Gasteiger partial charge in [0, 0.05) is 6.42 Å². The maximum atomic E-state index is 10.4. The lowest BCUT2D eigenvalue weighted by Gasteiger charge is -2.40. The predicted octanol–water partition coefficient (Wildman–Crippen LogP) is 0.363. The molecule has 1 aliphatic rings. The van der Waals surface area contributed by atoms with E-state index in [9.17, 15) is 20.4 Å². The normalized spacial score (nSPS) is 27.4. The van der Waals surface area contributed by atoms with E-state index >= 15 is 0 Å². The topological polar surface area (TPSA) is 130 Å². The van der Waals surface area contributed by atoms with Crippen molar-refractivity contribution in [3.8, 4) is 5.75 Å². The Kier molecular flexibility index (Phi) is 6.86. The predicted molar refractivity (Wildman–Crippen MR) is 104 cm³/mol. The fourth-order valence-corrected chi connectivity index (χ4v) is 3.59. The smallest absolute Gasteiger partial charge is 0.181 e. The van der Waals surface area contributed by atoms with Gasteiger partial charge in [0.25, 0.3) is 0 Å². The van der Waals surface area contributed by atoms with Gasteiger partial charge in [0.15, 0.2) is 6.23 Å². The summed E-state index contributed by atoms with van der Waals surface area (Å²) in [5, 5.41) is 48.4. The van der Waals surface area contributed by atoms with Gasteiger partial charge in [-0.05, 0) is 30.5 Å². The summed E-state index contributed by atoms with van der Waals surface area (Å²) in [6.07, 6.45) is -5.84. The second-order valence-electron chi connectivity index (χ2n) is 7.49. The first-order chi connectivity index (χ1) is 13.9. The summed E-state index contributed by atoms with van der Waals surface area (Å²) in [7, 11) is 0. The van der Waals surface area contributed by atoms with Crippen LogP contribution >= 0.6 is 0 Å². The molecule has 0 bridgehead atoms. The maximum absolute atomic E-state index is 10.4. The molecule has 0 spiro atoms. The molecule has 1 aromatic carbocycles. The van der Waals surface area contributed by atoms with Crippen LogP contribution in [-0.2, 0) is 11.2 Å². The monoisotopic (exact) mass is 407 g/mol. The Bertz CT molecular complexity index is 792. The van der Waals surface area contributed by atoms with Crippen LogP contribution in [0.1, 0.15) is 49.9 Å². The van der Waals surface area contributed by atoms with Gasteiger partial charge in [0.1, 0.15) is 30.2 Å². The van der Waals surface area contributed by atoms with Gasteiger partial charge < -0.3 is 29.9 Å². The van der Waals surface area contributed by atoms with E-state index in [2.05, 4.69) is 10.3 Å². The highest BCUT2D eigenvalue weighted by Gasteiger charge is 2.45. The summed E-state index contributed by atoms with van der Waals surface area (Å²) in [6, 6.07) is 7.72. The number of aliphatic hydroxyl groups is 4. The van der Waals surface area contributed by atoms with Gasteiger partial charge >= 0.3 is 0 Å². The van der Waals surface area contributed by atoms with Crippen LogP contribution in [0.15, 0.2) is 24.3 Å². The average molecular weight is 407 g/mol. The highest BCUT2D eigenvalue weighted by atomic mass is 16.6. The number of hydrogen-bond donors (Lipinski definition) is 4. The Morgan fingerprint density at radius 1 is 1.10 bits per heavy atom. The minimum absolute atomic E-state index is 0.00932. The molecule has 1 aromatic heterocycles. The summed E-state index contributed by atoms with van der Waals surface area (Å²) in [6.45, 7) is 5.98. The van der Waals surface area contributed by atoms with E-state index in [1.54, 1.807) is 0 Å². The van der Waals surface area contributed by atoms with E-state index < -0.39 is 37.3 Å². The Morgan fingerprint density at radius 2 is 1.79 bits per heavy atom. The summed E-state index contributed by atoms with van der Waals surface area (Å²) in [5.74, 6) is 0.806. The summed E-state index contributed by atoms with van der Waals surface area (Å²) in [4.78, 5) is 0. The van der Waals surface area contributed by atoms with Crippen molar-refractivity contribution in [2.24, 2.45) is 0 Å². The first-order valence-corrected chi connectivity index (χ1v) is 9.83. The number of hydrogen-bond acceptors (Lipinski definition) is 8. The quantitative estimate of drug-likeness (QED) is 0.518. The molecule has 160 valence electrons. The molecule has 0 aliphatic carbocycles. The first kappa shape index (κ1) is 21.7. The van der Waals surface area contributed by atoms with Crippen molar-refractivity contribution >= 4 is 0 Å². The molecule has 1 saturated heterocycles. The molecule has 9 nitrogen and oxygen atoms in total. The standard InChI is InChI=1S/C20H29N3O6/c1-4-28-13-7-5-12(6-8-13)9-14-16(11(2)3)23(22-21-14)20-19(27)18(26)17(25)15(10-24)29-20/h5-8,11,15,17-20,24-27H,4,9-10H2,1-3H3/t15-,17-,18+,19-,20-/m1/s1. The fourth-order valence-electron chi connectivity index (χ4n) is 3.59. The largest absolute Gasteiger partial charge is 0.494 e. The van der Waals surface area contributed by atoms with E-state index in [1.807, 2.05) is 45.0 Å². The van der Waals surface area contributed by atoms with Gasteiger partial charge in [-0.15, -0.1) is 5.10 Å². The van der Waals surface area contributed by atoms with E-state index in [0.29, 0.717) is 13.0 Å². The van der Waals surface area contributed by atoms with Crippen LogP contribution in [0, 0.1) is 0 Å². The average Bonchev–Trinajstić information content (AvgIpc) is 3.12. The molecule has 29 heavy (non-hydrogen) atoms. The molecular weight excluding hydrogens is 378 g/mol. The molecule has 1 aliphatic heterocycles. The molecule has 9 heteroatoms. The molecular formula is C20H29N3O6. The number of benzene rings is 1. The zero-order valence-electron chi connectivity index (χ0n) is 16.8. The van der Waals surface area contributed by atoms with Gasteiger partial charge in [0.05, 0.1) is 24.6 Å². The molecule has 0 radical (unpaired) electrons. The molecule has 0 amide bonds. The number of ether oxygens (including phenoxy) is 2. The zero-order valence-corrected chi connectivity index (χ0v) is 16.8. The molecule has 0 unspecified atom stereocenters. The third-order valence-electron chi connectivity index (χ3n) is 5.07. The second kappa shape index (κ2) is 9.19. The molecule has 4 N–H and O–H groups in total. The van der Waals surface area contributed by atoms with Crippen LogP contribution in [0.2, 0.25) is 0 Å². The summed E-state index contributed by atoms with van der Waals surface area (Å²) in [5.41, 5.74) is 2.50. The van der Waals surface area contributed by atoms with Gasteiger partial charge in [-0.3, -0.25) is 0 Å². The zero-order chi connectivity index (χ0) is 21.1. The minimum Gasteiger partial charge on any atom is -0.494 e. The number of aliphatic hydroxyl groups excluding tert-OH is 4. The van der Waals surface area contributed by atoms with Crippen molar-refractivity contribution < 1.29 is 29.9 Å². The van der Waals surface area contributed by atoms with Crippen molar-refractivity contribution in [3.05, 3.63) is 41.2 Å². The van der Waals surface area contributed by atoms with E-state index in [-0.39, 0.29) is 5.92 Å². The Hall–Kier alpha value is -2.04. The van der Waals surface area contributed by atoms with E-state index in [0.717, 1.165) is 22.7 Å². The highest BCUT2D eigenvalue weighted by molar-refractivity contribution is 5.31. The molecule has 2 heterocycles. The van der Waals surface area contributed by atoms with Crippen molar-refractivity contribution in [1.82, 2.24) is 15.0 Å². The SMILES string of the molecule is CCOc1ccc(Cc2nnn([C@@H]3O[C@H](CO)[C@@H](O)[C@H](O)[C@H]3O)c2C(C)C)cc1. The van der Waals surface area contributed by atoms with Gasteiger partial charge in [0.2, 0.25) is 0 Å². The van der Waals surface area contributed by atoms with E-state index in [4.69, 9.17) is 9.47 Å². The van der Waals surface area contributed by atoms with Crippen molar-refractivity contribution in [1.29, 1.82) is 0 Å². The Morgan fingerprint density at radius 3 is 2.38 bits per heavy atom. The van der Waals surface area contributed by atoms with Gasteiger partial charge in [-0.2, -0.15) is 0 Å². The van der Waals surface area contributed by atoms with Crippen molar-refractivity contribution in [2.45, 2.75) is 63.8 Å². The maximum Gasteiger partial charge on any atom is 0.181 e. The first-order valence-electron chi connectivity index (χ1n) is 9.83. The van der Waals surface area contributed by atoms with Gasteiger partial charge in [-0.1, -0.05) is 31.2 Å². The third kappa shape index (κ3) is 4.44. The summed E-state index contributed by atoms with van der Waals surface area (Å²) < 4.78 is 12.6. The Labute approximate surface area is 169 Å². The lowest BCUT2D eigenvalue weighted by Crippen LogP contribution is -2.56. The van der Waals surface area contributed by atoms with E-state index in [1.165, 1.54) is 4.68 Å².